The number of phosphoric ester groups is 1. The van der Waals surface area contributed by atoms with E-state index in [9.17, 15) is 24.4 Å². The lowest BCUT2D eigenvalue weighted by molar-refractivity contribution is -0.167. The average Bonchev–Trinajstić information content (AvgIpc) is 2.68. The summed E-state index contributed by atoms with van der Waals surface area (Å²) in [4.78, 5) is 42.3. The topological polar surface area (TPSA) is 141 Å². The van der Waals surface area contributed by atoms with E-state index < -0.39 is 43.6 Å². The van der Waals surface area contributed by atoms with Gasteiger partial charge in [0.05, 0.1) is 6.61 Å². The molecule has 0 rings (SSSR count). The van der Waals surface area contributed by atoms with Crippen molar-refractivity contribution in [3.63, 3.8) is 0 Å². The van der Waals surface area contributed by atoms with Gasteiger partial charge in [0.2, 0.25) is 0 Å². The van der Waals surface area contributed by atoms with E-state index in [-0.39, 0.29) is 6.42 Å². The molecular formula is C21H41O8P. The number of carbonyl (C=O) groups excluding carboxylic acids is 2. The van der Waals surface area contributed by atoms with Crippen LogP contribution >= 0.6 is 7.82 Å². The standard InChI is InChI=1S/C21H41O8P/c1-4-5-6-7-8-9-10-11-12-13-14-15-18(22)20(24)21(25,19(23)17(2)3)16-29-30(26,27)28/h17,20,24-25H,4-16H2,1-3H3,(H2,26,27,28). The van der Waals surface area contributed by atoms with Crippen molar-refractivity contribution in [2.45, 2.75) is 110 Å². The predicted octanol–water partition coefficient (Wildman–Crippen LogP) is 3.68. The Kier molecular flexibility index (Phi) is 14.9. The van der Waals surface area contributed by atoms with Crippen LogP contribution in [0.2, 0.25) is 0 Å². The Bertz CT molecular complexity index is 545. The molecule has 2 atom stereocenters. The molecule has 0 aliphatic heterocycles. The zero-order valence-electron chi connectivity index (χ0n) is 18.7. The SMILES string of the molecule is CCCCCCCCCCCCCC(=O)C(O)C(O)(COP(=O)(O)O)C(=O)C(C)C. The first kappa shape index (κ1) is 29.4. The number of phosphoric acid groups is 1. The molecule has 0 radical (unpaired) electrons. The number of rotatable bonds is 19. The largest absolute Gasteiger partial charge is 0.469 e. The van der Waals surface area contributed by atoms with Gasteiger partial charge in [0.15, 0.2) is 23.3 Å². The smallest absolute Gasteiger partial charge is 0.382 e. The Morgan fingerprint density at radius 2 is 1.33 bits per heavy atom. The highest BCUT2D eigenvalue weighted by molar-refractivity contribution is 7.46. The molecule has 0 aromatic heterocycles. The van der Waals surface area contributed by atoms with Gasteiger partial charge in [-0.15, -0.1) is 0 Å². The van der Waals surface area contributed by atoms with Crippen LogP contribution < -0.4 is 0 Å². The van der Waals surface area contributed by atoms with E-state index in [1.807, 2.05) is 0 Å². The van der Waals surface area contributed by atoms with Gasteiger partial charge in [-0.05, 0) is 6.42 Å². The van der Waals surface area contributed by atoms with Crippen LogP contribution in [0.25, 0.3) is 0 Å². The van der Waals surface area contributed by atoms with Crippen molar-refractivity contribution in [1.29, 1.82) is 0 Å². The normalized spacial score (nSPS) is 15.2. The van der Waals surface area contributed by atoms with E-state index in [1.54, 1.807) is 0 Å². The van der Waals surface area contributed by atoms with Gasteiger partial charge in [-0.3, -0.25) is 14.1 Å². The lowest BCUT2D eigenvalue weighted by Gasteiger charge is -2.31. The maximum Gasteiger partial charge on any atom is 0.469 e. The molecule has 8 nitrogen and oxygen atoms in total. The highest BCUT2D eigenvalue weighted by Gasteiger charge is 2.48. The van der Waals surface area contributed by atoms with Gasteiger partial charge >= 0.3 is 7.82 Å². The molecular weight excluding hydrogens is 411 g/mol. The van der Waals surface area contributed by atoms with Gasteiger partial charge in [0.25, 0.3) is 0 Å². The molecule has 4 N–H and O–H groups in total. The van der Waals surface area contributed by atoms with Crippen molar-refractivity contribution in [2.75, 3.05) is 6.61 Å². The van der Waals surface area contributed by atoms with Crippen molar-refractivity contribution in [2.24, 2.45) is 5.92 Å². The summed E-state index contributed by atoms with van der Waals surface area (Å²) < 4.78 is 15.2. The quantitative estimate of drug-likeness (QED) is 0.172. The van der Waals surface area contributed by atoms with Crippen LogP contribution in [-0.4, -0.2) is 49.9 Å². The summed E-state index contributed by atoms with van der Waals surface area (Å²) in [5, 5.41) is 20.8. The molecule has 9 heteroatoms. The number of hydrogen-bond acceptors (Lipinski definition) is 6. The fraction of sp³-hybridized carbons (Fsp3) is 0.905. The average molecular weight is 453 g/mol. The lowest BCUT2D eigenvalue weighted by Crippen LogP contribution is -2.57. The Hall–Kier alpha value is -0.630. The molecule has 0 aromatic carbocycles. The van der Waals surface area contributed by atoms with Gasteiger partial charge in [-0.1, -0.05) is 85.0 Å². The molecule has 0 bridgehead atoms. The number of hydrogen-bond donors (Lipinski definition) is 4. The Labute approximate surface area is 180 Å². The Balaban J connectivity index is 4.36. The molecule has 30 heavy (non-hydrogen) atoms. The van der Waals surface area contributed by atoms with Crippen LogP contribution in [0.1, 0.15) is 97.8 Å². The maximum absolute atomic E-state index is 12.3. The second-order valence-corrected chi connectivity index (χ2v) is 9.60. The zero-order valence-corrected chi connectivity index (χ0v) is 19.6. The minimum Gasteiger partial charge on any atom is -0.382 e. The first-order chi connectivity index (χ1) is 14.0. The third-order valence-corrected chi connectivity index (χ3v) is 5.65. The van der Waals surface area contributed by atoms with Gasteiger partial charge in [-0.2, -0.15) is 0 Å². The fourth-order valence-corrected chi connectivity index (χ4v) is 3.70. The van der Waals surface area contributed by atoms with Gasteiger partial charge in [0.1, 0.15) is 0 Å². The van der Waals surface area contributed by atoms with Gasteiger partial charge < -0.3 is 20.0 Å². The van der Waals surface area contributed by atoms with Crippen LogP contribution in [0.15, 0.2) is 0 Å². The summed E-state index contributed by atoms with van der Waals surface area (Å²) in [6.07, 6.45) is 9.97. The van der Waals surface area contributed by atoms with E-state index >= 15 is 0 Å². The summed E-state index contributed by atoms with van der Waals surface area (Å²) >= 11 is 0. The Morgan fingerprint density at radius 1 is 0.900 bits per heavy atom. The minimum atomic E-state index is -4.98. The van der Waals surface area contributed by atoms with E-state index in [0.717, 1.165) is 25.7 Å². The molecule has 0 amide bonds. The van der Waals surface area contributed by atoms with Crippen molar-refractivity contribution in [3.05, 3.63) is 0 Å². The maximum atomic E-state index is 12.3. The van der Waals surface area contributed by atoms with Crippen LogP contribution in [0.3, 0.4) is 0 Å². The van der Waals surface area contributed by atoms with Gasteiger partial charge in [-0.25, -0.2) is 4.57 Å². The molecule has 0 heterocycles. The molecule has 0 aromatic rings. The van der Waals surface area contributed by atoms with Crippen molar-refractivity contribution >= 4 is 19.4 Å². The first-order valence-electron chi connectivity index (χ1n) is 11.1. The number of aliphatic hydroxyl groups excluding tert-OH is 1. The second kappa shape index (κ2) is 15.2. The highest BCUT2D eigenvalue weighted by atomic mass is 31.2. The number of Topliss-reactive ketones (excluding diaryl/α,β-unsaturated/α-hetero) is 2. The number of unbranched alkanes of at least 4 members (excludes halogenated alkanes) is 10. The van der Waals surface area contributed by atoms with Crippen LogP contribution in [-0.2, 0) is 18.7 Å². The fourth-order valence-electron chi connectivity index (χ4n) is 3.33. The van der Waals surface area contributed by atoms with Crippen LogP contribution in [0.5, 0.6) is 0 Å². The van der Waals surface area contributed by atoms with Crippen LogP contribution in [0.4, 0.5) is 0 Å². The summed E-state index contributed by atoms with van der Waals surface area (Å²) in [5.74, 6) is -2.41. The summed E-state index contributed by atoms with van der Waals surface area (Å²) in [6.45, 7) is 3.94. The molecule has 178 valence electrons. The third kappa shape index (κ3) is 12.3. The highest BCUT2D eigenvalue weighted by Crippen LogP contribution is 2.38. The molecule has 0 spiro atoms. The van der Waals surface area contributed by atoms with E-state index in [2.05, 4.69) is 11.4 Å². The molecule has 0 aliphatic carbocycles. The number of carbonyl (C=O) groups is 2. The molecule has 0 saturated carbocycles. The monoisotopic (exact) mass is 452 g/mol. The van der Waals surface area contributed by atoms with Crippen molar-refractivity contribution < 1.29 is 38.7 Å². The molecule has 0 aliphatic rings. The predicted molar refractivity (Wildman–Crippen MR) is 115 cm³/mol. The summed E-state index contributed by atoms with van der Waals surface area (Å²) in [7, 11) is -4.98. The van der Waals surface area contributed by atoms with E-state index in [0.29, 0.717) is 6.42 Å². The third-order valence-electron chi connectivity index (χ3n) is 5.19. The van der Waals surface area contributed by atoms with E-state index in [4.69, 9.17) is 9.79 Å². The zero-order chi connectivity index (χ0) is 23.2. The lowest BCUT2D eigenvalue weighted by atomic mass is 9.83. The first-order valence-corrected chi connectivity index (χ1v) is 12.7. The van der Waals surface area contributed by atoms with Crippen molar-refractivity contribution in [1.82, 2.24) is 0 Å². The molecule has 0 saturated heterocycles. The number of ketones is 2. The number of aliphatic hydroxyl groups is 2. The second-order valence-electron chi connectivity index (χ2n) is 8.36. The minimum absolute atomic E-state index is 0.0260. The Morgan fingerprint density at radius 3 is 1.73 bits per heavy atom. The van der Waals surface area contributed by atoms with Gasteiger partial charge in [0, 0.05) is 12.3 Å². The summed E-state index contributed by atoms with van der Waals surface area (Å²) in [5.41, 5.74) is -2.69. The van der Waals surface area contributed by atoms with Crippen LogP contribution in [0, 0.1) is 5.92 Å². The molecule has 0 fully saturated rings. The van der Waals surface area contributed by atoms with E-state index in [1.165, 1.54) is 52.4 Å². The summed E-state index contributed by atoms with van der Waals surface area (Å²) in [6, 6.07) is 0. The molecule has 2 unspecified atom stereocenters. The van der Waals surface area contributed by atoms with Crippen molar-refractivity contribution in [3.8, 4) is 0 Å².